The van der Waals surface area contributed by atoms with Gasteiger partial charge in [-0.3, -0.25) is 19.8 Å². The Labute approximate surface area is 96.0 Å². The molecule has 8 nitrogen and oxygen atoms in total. The Morgan fingerprint density at radius 1 is 1.47 bits per heavy atom. The summed E-state index contributed by atoms with van der Waals surface area (Å²) >= 11 is 0. The summed E-state index contributed by atoms with van der Waals surface area (Å²) in [6, 6.07) is 0. The summed E-state index contributed by atoms with van der Waals surface area (Å²) in [5, 5.41) is 0. The van der Waals surface area contributed by atoms with Gasteiger partial charge in [0.1, 0.15) is 0 Å². The highest BCUT2D eigenvalue weighted by atomic mass is 16.2. The van der Waals surface area contributed by atoms with Crippen LogP contribution in [0.5, 0.6) is 0 Å². The predicted octanol–water partition coefficient (Wildman–Crippen LogP) is -0.881. The molecule has 2 aromatic rings. The lowest BCUT2D eigenvalue weighted by Gasteiger charge is -2.05. The summed E-state index contributed by atoms with van der Waals surface area (Å²) in [4.78, 5) is 30.0. The molecule has 0 saturated carbocycles. The van der Waals surface area contributed by atoms with Crippen LogP contribution in [0.3, 0.4) is 0 Å². The number of imidazole rings is 1. The second-order valence-electron chi connectivity index (χ2n) is 3.72. The lowest BCUT2D eigenvalue weighted by molar-refractivity contribution is 0.692. The van der Waals surface area contributed by atoms with Gasteiger partial charge in [0, 0.05) is 13.6 Å². The van der Waals surface area contributed by atoms with Gasteiger partial charge in [0.25, 0.3) is 5.56 Å². The molecule has 2 aromatic heterocycles. The molecule has 2 heterocycles. The average Bonchev–Trinajstić information content (AvgIpc) is 2.65. The second kappa shape index (κ2) is 4.06. The maximum Gasteiger partial charge on any atom is 0.329 e. The second-order valence-corrected chi connectivity index (χ2v) is 3.72. The van der Waals surface area contributed by atoms with E-state index in [1.54, 1.807) is 4.57 Å². The first-order valence-electron chi connectivity index (χ1n) is 5.26. The monoisotopic (exact) mass is 238 g/mol. The van der Waals surface area contributed by atoms with E-state index in [0.29, 0.717) is 18.0 Å². The van der Waals surface area contributed by atoms with Crippen molar-refractivity contribution >= 4 is 17.1 Å². The maximum absolute atomic E-state index is 12.0. The Bertz CT molecular complexity index is 664. The zero-order chi connectivity index (χ0) is 12.6. The van der Waals surface area contributed by atoms with E-state index in [4.69, 9.17) is 5.84 Å². The number of hydrogen-bond donors (Lipinski definition) is 3. The number of nitrogens with two attached hydrogens (primary N) is 1. The van der Waals surface area contributed by atoms with Crippen molar-refractivity contribution in [3.8, 4) is 0 Å². The van der Waals surface area contributed by atoms with Crippen LogP contribution in [0.15, 0.2) is 9.59 Å². The van der Waals surface area contributed by atoms with Crippen molar-refractivity contribution in [2.24, 2.45) is 12.9 Å². The van der Waals surface area contributed by atoms with Crippen LogP contribution in [-0.4, -0.2) is 19.1 Å². The molecule has 92 valence electrons. The van der Waals surface area contributed by atoms with Gasteiger partial charge in [0.2, 0.25) is 5.95 Å². The minimum Gasteiger partial charge on any atom is -0.303 e. The Morgan fingerprint density at radius 3 is 2.76 bits per heavy atom. The Hall–Kier alpha value is -2.09. The van der Waals surface area contributed by atoms with Crippen molar-refractivity contribution in [1.29, 1.82) is 0 Å². The van der Waals surface area contributed by atoms with E-state index in [1.165, 1.54) is 7.05 Å². The van der Waals surface area contributed by atoms with E-state index in [1.807, 2.05) is 6.92 Å². The Balaban J connectivity index is 2.90. The zero-order valence-corrected chi connectivity index (χ0v) is 9.65. The lowest BCUT2D eigenvalue weighted by atomic mass is 10.4. The molecule has 0 aliphatic rings. The molecule has 0 bridgehead atoms. The first-order valence-corrected chi connectivity index (χ1v) is 5.26. The summed E-state index contributed by atoms with van der Waals surface area (Å²) in [5.41, 5.74) is 2.14. The first kappa shape index (κ1) is 11.4. The van der Waals surface area contributed by atoms with Crippen molar-refractivity contribution in [2.75, 3.05) is 5.43 Å². The van der Waals surface area contributed by atoms with Crippen LogP contribution in [-0.2, 0) is 13.6 Å². The van der Waals surface area contributed by atoms with Crippen LogP contribution in [0.4, 0.5) is 5.95 Å². The van der Waals surface area contributed by atoms with Gasteiger partial charge in [-0.05, 0) is 6.42 Å². The molecule has 0 aliphatic heterocycles. The molecule has 0 spiro atoms. The minimum absolute atomic E-state index is 0.250. The van der Waals surface area contributed by atoms with Crippen LogP contribution in [0.2, 0.25) is 0 Å². The molecule has 0 saturated heterocycles. The summed E-state index contributed by atoms with van der Waals surface area (Å²) in [5.74, 6) is 5.70. The van der Waals surface area contributed by atoms with Gasteiger partial charge in [-0.1, -0.05) is 6.92 Å². The van der Waals surface area contributed by atoms with E-state index >= 15 is 0 Å². The Morgan fingerprint density at radius 2 is 2.18 bits per heavy atom. The summed E-state index contributed by atoms with van der Waals surface area (Å²) in [7, 11) is 1.42. The number of nitrogens with one attached hydrogen (secondary N) is 2. The highest BCUT2D eigenvalue weighted by molar-refractivity contribution is 5.73. The van der Waals surface area contributed by atoms with Gasteiger partial charge in [-0.2, -0.15) is 4.98 Å². The number of aromatic nitrogens is 4. The third-order valence-electron chi connectivity index (χ3n) is 2.58. The van der Waals surface area contributed by atoms with Gasteiger partial charge in [-0.15, -0.1) is 0 Å². The lowest BCUT2D eigenvalue weighted by Crippen LogP contribution is -2.33. The van der Waals surface area contributed by atoms with E-state index in [0.717, 1.165) is 11.0 Å². The number of aromatic amines is 1. The molecule has 0 unspecified atom stereocenters. The maximum atomic E-state index is 12.0. The molecule has 8 heteroatoms. The van der Waals surface area contributed by atoms with E-state index in [2.05, 4.69) is 15.4 Å². The van der Waals surface area contributed by atoms with Crippen molar-refractivity contribution in [3.63, 3.8) is 0 Å². The largest absolute Gasteiger partial charge is 0.329 e. The van der Waals surface area contributed by atoms with Gasteiger partial charge < -0.3 is 4.57 Å². The number of rotatable bonds is 3. The fraction of sp³-hybridized carbons (Fsp3) is 0.444. The fourth-order valence-electron chi connectivity index (χ4n) is 1.74. The SMILES string of the molecule is CCCn1c(NN)nc2[nH]c(=O)n(C)c(=O)c21. The highest BCUT2D eigenvalue weighted by Crippen LogP contribution is 2.13. The number of hydrogen-bond acceptors (Lipinski definition) is 5. The molecule has 0 amide bonds. The van der Waals surface area contributed by atoms with Crippen molar-refractivity contribution in [2.45, 2.75) is 19.9 Å². The average molecular weight is 238 g/mol. The Kier molecular flexibility index (Phi) is 2.72. The van der Waals surface area contributed by atoms with Crippen LogP contribution in [0, 0.1) is 0 Å². The van der Waals surface area contributed by atoms with E-state index in [9.17, 15) is 9.59 Å². The molecule has 0 aliphatic carbocycles. The third-order valence-corrected chi connectivity index (χ3v) is 2.58. The molecule has 0 atom stereocenters. The molecule has 0 radical (unpaired) electrons. The molecule has 0 aromatic carbocycles. The van der Waals surface area contributed by atoms with Gasteiger partial charge in [-0.25, -0.2) is 10.6 Å². The topological polar surface area (TPSA) is 111 Å². The molecular formula is C9H14N6O2. The normalized spacial score (nSPS) is 11.0. The minimum atomic E-state index is -0.493. The molecule has 2 rings (SSSR count). The number of fused-ring (bicyclic) bond motifs is 1. The number of aryl methyl sites for hydroxylation is 1. The van der Waals surface area contributed by atoms with E-state index in [-0.39, 0.29) is 11.2 Å². The predicted molar refractivity (Wildman–Crippen MR) is 63.7 cm³/mol. The van der Waals surface area contributed by atoms with Crippen molar-refractivity contribution < 1.29 is 0 Å². The smallest absolute Gasteiger partial charge is 0.303 e. The molecule has 4 N–H and O–H groups in total. The zero-order valence-electron chi connectivity index (χ0n) is 9.65. The van der Waals surface area contributed by atoms with Crippen LogP contribution >= 0.6 is 0 Å². The number of anilines is 1. The number of nitrogens with zero attached hydrogens (tertiary/aromatic N) is 3. The summed E-state index contributed by atoms with van der Waals surface area (Å²) in [6.45, 7) is 2.57. The van der Waals surface area contributed by atoms with Crippen molar-refractivity contribution in [3.05, 3.63) is 20.8 Å². The third kappa shape index (κ3) is 1.62. The van der Waals surface area contributed by atoms with E-state index < -0.39 is 5.69 Å². The van der Waals surface area contributed by atoms with Gasteiger partial charge in [0.05, 0.1) is 0 Å². The van der Waals surface area contributed by atoms with Crippen LogP contribution in [0.1, 0.15) is 13.3 Å². The standard InChI is InChI=1S/C9H14N6O2/c1-3-4-15-5-6(11-8(15)13-10)12-9(17)14(2)7(5)16/h3-4,10H2,1-2H3,(H,11,13)(H,12,17). The number of hydrazine groups is 1. The summed E-state index contributed by atoms with van der Waals surface area (Å²) < 4.78 is 2.67. The van der Waals surface area contributed by atoms with Gasteiger partial charge >= 0.3 is 5.69 Å². The van der Waals surface area contributed by atoms with Crippen LogP contribution in [0.25, 0.3) is 11.2 Å². The molecule has 17 heavy (non-hydrogen) atoms. The molecule has 0 fully saturated rings. The quantitative estimate of drug-likeness (QED) is 0.475. The summed E-state index contributed by atoms with van der Waals surface area (Å²) in [6.07, 6.45) is 0.822. The number of nitrogen functional groups attached to an aromatic ring is 1. The van der Waals surface area contributed by atoms with Gasteiger partial charge in [0.15, 0.2) is 11.2 Å². The highest BCUT2D eigenvalue weighted by Gasteiger charge is 2.15. The van der Waals surface area contributed by atoms with Crippen molar-refractivity contribution in [1.82, 2.24) is 19.1 Å². The first-order chi connectivity index (χ1) is 8.10. The molecular weight excluding hydrogens is 224 g/mol. The van der Waals surface area contributed by atoms with Crippen LogP contribution < -0.4 is 22.5 Å². The number of H-pyrrole nitrogens is 1. The fourth-order valence-corrected chi connectivity index (χ4v) is 1.74.